The van der Waals surface area contributed by atoms with Crippen molar-refractivity contribution in [3.63, 3.8) is 0 Å². The molecule has 0 saturated heterocycles. The second-order valence-electron chi connectivity index (χ2n) is 6.07. The molecule has 0 aliphatic carbocycles. The monoisotopic (exact) mass is 402 g/mol. The maximum absolute atomic E-state index is 13.8. The molecule has 2 N–H and O–H groups in total. The van der Waals surface area contributed by atoms with Crippen molar-refractivity contribution < 1.29 is 9.18 Å². The molecule has 2 aromatic carbocycles. The molecule has 0 spiro atoms. The second kappa shape index (κ2) is 8.49. The first kappa shape index (κ1) is 19.3. The van der Waals surface area contributed by atoms with E-state index in [1.807, 2.05) is 19.1 Å². The van der Waals surface area contributed by atoms with Crippen LogP contribution in [-0.4, -0.2) is 21.9 Å². The fourth-order valence-electron chi connectivity index (χ4n) is 2.36. The number of hydrogen-bond acceptors (Lipinski definition) is 6. The highest BCUT2D eigenvalue weighted by Gasteiger charge is 2.11. The molecule has 5 nitrogen and oxygen atoms in total. The minimum Gasteiger partial charge on any atom is -0.330 e. The average Bonchev–Trinajstić information content (AvgIpc) is 3.07. The molecule has 0 saturated carbocycles. The van der Waals surface area contributed by atoms with E-state index in [0.29, 0.717) is 9.47 Å². The lowest BCUT2D eigenvalue weighted by atomic mass is 10.1. The Labute approximate surface area is 165 Å². The predicted molar refractivity (Wildman–Crippen MR) is 110 cm³/mol. The molecule has 3 rings (SSSR count). The van der Waals surface area contributed by atoms with Crippen molar-refractivity contribution in [1.82, 2.24) is 10.2 Å². The van der Waals surface area contributed by atoms with Crippen LogP contribution in [-0.2, 0) is 4.79 Å². The fraction of sp³-hybridized carbons (Fsp3) is 0.211. The number of carbonyl (C=O) groups excluding carboxylic acids is 1. The zero-order chi connectivity index (χ0) is 19.4. The average molecular weight is 403 g/mol. The summed E-state index contributed by atoms with van der Waals surface area (Å²) in [5.74, 6) is -0.600. The molecule has 0 atom stereocenters. The smallest absolute Gasteiger partial charge is 0.234 e. The Morgan fingerprint density at radius 2 is 1.96 bits per heavy atom. The first-order valence-corrected chi connectivity index (χ1v) is 10.1. The Hall–Kier alpha value is -2.45. The molecule has 0 fully saturated rings. The molecule has 1 amide bonds. The molecule has 0 unspecified atom stereocenters. The summed E-state index contributed by atoms with van der Waals surface area (Å²) >= 11 is 2.64. The van der Waals surface area contributed by atoms with Gasteiger partial charge in [0.15, 0.2) is 4.34 Å². The van der Waals surface area contributed by atoms with E-state index in [1.165, 1.54) is 34.7 Å². The van der Waals surface area contributed by atoms with Gasteiger partial charge in [-0.15, -0.1) is 10.2 Å². The van der Waals surface area contributed by atoms with Gasteiger partial charge in [0, 0.05) is 5.69 Å². The lowest BCUT2D eigenvalue weighted by molar-refractivity contribution is -0.113. The van der Waals surface area contributed by atoms with E-state index < -0.39 is 5.82 Å². The Kier molecular flexibility index (Phi) is 6.08. The van der Waals surface area contributed by atoms with E-state index in [1.54, 1.807) is 19.1 Å². The van der Waals surface area contributed by atoms with E-state index in [9.17, 15) is 9.18 Å². The number of halogens is 1. The van der Waals surface area contributed by atoms with Crippen LogP contribution in [0.3, 0.4) is 0 Å². The zero-order valence-corrected chi connectivity index (χ0v) is 16.8. The van der Waals surface area contributed by atoms with Gasteiger partial charge in [0.05, 0.1) is 11.4 Å². The molecule has 0 aliphatic rings. The van der Waals surface area contributed by atoms with Gasteiger partial charge in [-0.3, -0.25) is 4.79 Å². The number of nitrogens with one attached hydrogen (secondary N) is 2. The maximum Gasteiger partial charge on any atom is 0.234 e. The summed E-state index contributed by atoms with van der Waals surface area (Å²) in [5, 5.41) is 14.7. The lowest BCUT2D eigenvalue weighted by Gasteiger charge is -2.08. The highest BCUT2D eigenvalue weighted by Crippen LogP contribution is 2.29. The van der Waals surface area contributed by atoms with Gasteiger partial charge in [-0.2, -0.15) is 0 Å². The van der Waals surface area contributed by atoms with Gasteiger partial charge in [0.25, 0.3) is 0 Å². The molecular weight excluding hydrogens is 383 g/mol. The van der Waals surface area contributed by atoms with E-state index in [2.05, 4.69) is 33.8 Å². The highest BCUT2D eigenvalue weighted by molar-refractivity contribution is 8.01. The highest BCUT2D eigenvalue weighted by atomic mass is 32.2. The van der Waals surface area contributed by atoms with Crippen molar-refractivity contribution in [2.24, 2.45) is 0 Å². The van der Waals surface area contributed by atoms with Crippen molar-refractivity contribution in [3.05, 3.63) is 58.9 Å². The normalized spacial score (nSPS) is 10.7. The molecule has 140 valence electrons. The van der Waals surface area contributed by atoms with Gasteiger partial charge in [0.1, 0.15) is 5.82 Å². The SMILES string of the molecule is Cc1ccc(NC(=O)CSc2nnc(Nc3cccc(C)c3C)s2)c(F)c1. The minimum absolute atomic E-state index is 0.130. The van der Waals surface area contributed by atoms with Crippen molar-refractivity contribution in [2.75, 3.05) is 16.4 Å². The lowest BCUT2D eigenvalue weighted by Crippen LogP contribution is -2.15. The Morgan fingerprint density at radius 1 is 1.15 bits per heavy atom. The summed E-state index contributed by atoms with van der Waals surface area (Å²) in [7, 11) is 0. The number of nitrogens with zero attached hydrogens (tertiary/aromatic N) is 2. The van der Waals surface area contributed by atoms with Crippen LogP contribution < -0.4 is 10.6 Å². The van der Waals surface area contributed by atoms with Gasteiger partial charge in [-0.1, -0.05) is 41.3 Å². The van der Waals surface area contributed by atoms with Crippen molar-refractivity contribution in [1.29, 1.82) is 0 Å². The van der Waals surface area contributed by atoms with E-state index in [0.717, 1.165) is 16.8 Å². The summed E-state index contributed by atoms with van der Waals surface area (Å²) in [6.45, 7) is 5.89. The van der Waals surface area contributed by atoms with E-state index in [4.69, 9.17) is 0 Å². The molecule has 0 aliphatic heterocycles. The summed E-state index contributed by atoms with van der Waals surface area (Å²) in [6, 6.07) is 10.7. The Morgan fingerprint density at radius 3 is 2.74 bits per heavy atom. The maximum atomic E-state index is 13.8. The van der Waals surface area contributed by atoms with Crippen LogP contribution in [0, 0.1) is 26.6 Å². The van der Waals surface area contributed by atoms with E-state index >= 15 is 0 Å². The number of rotatable bonds is 6. The quantitative estimate of drug-likeness (QED) is 0.563. The number of aryl methyl sites for hydroxylation is 2. The van der Waals surface area contributed by atoms with Crippen LogP contribution in [0.25, 0.3) is 0 Å². The molecular formula is C19H19FN4OS2. The summed E-state index contributed by atoms with van der Waals surface area (Å²) < 4.78 is 14.5. The van der Waals surface area contributed by atoms with Crippen LogP contribution in [0.5, 0.6) is 0 Å². The van der Waals surface area contributed by atoms with Gasteiger partial charge in [-0.05, 0) is 55.7 Å². The minimum atomic E-state index is -0.440. The third-order valence-electron chi connectivity index (χ3n) is 3.98. The summed E-state index contributed by atoms with van der Waals surface area (Å²) in [4.78, 5) is 12.0. The van der Waals surface area contributed by atoms with Gasteiger partial charge in [-0.25, -0.2) is 4.39 Å². The van der Waals surface area contributed by atoms with Crippen LogP contribution in [0.1, 0.15) is 16.7 Å². The van der Waals surface area contributed by atoms with Crippen LogP contribution >= 0.6 is 23.1 Å². The molecule has 1 heterocycles. The Balaban J connectivity index is 1.56. The number of anilines is 3. The first-order chi connectivity index (χ1) is 12.9. The first-order valence-electron chi connectivity index (χ1n) is 8.28. The van der Waals surface area contributed by atoms with E-state index in [-0.39, 0.29) is 17.3 Å². The third kappa shape index (κ3) is 5.05. The second-order valence-corrected chi connectivity index (χ2v) is 8.27. The van der Waals surface area contributed by atoms with Gasteiger partial charge >= 0.3 is 0 Å². The van der Waals surface area contributed by atoms with Crippen molar-refractivity contribution >= 4 is 45.5 Å². The largest absolute Gasteiger partial charge is 0.330 e. The van der Waals surface area contributed by atoms with Crippen LogP contribution in [0.2, 0.25) is 0 Å². The van der Waals surface area contributed by atoms with Crippen LogP contribution in [0.15, 0.2) is 40.7 Å². The molecule has 8 heteroatoms. The van der Waals surface area contributed by atoms with Crippen molar-refractivity contribution in [2.45, 2.75) is 25.1 Å². The molecule has 1 aromatic heterocycles. The number of aromatic nitrogens is 2. The molecule has 0 radical (unpaired) electrons. The standard InChI is InChI=1S/C19H19FN4OS2/c1-11-7-8-16(14(20)9-11)21-17(25)10-26-19-24-23-18(27-19)22-15-6-4-5-12(2)13(15)3/h4-9H,10H2,1-3H3,(H,21,25)(H,22,23). The van der Waals surface area contributed by atoms with Crippen molar-refractivity contribution in [3.8, 4) is 0 Å². The number of hydrogen-bond donors (Lipinski definition) is 2. The molecule has 3 aromatic rings. The summed E-state index contributed by atoms with van der Waals surface area (Å²) in [6.07, 6.45) is 0. The predicted octanol–water partition coefficient (Wildman–Crippen LogP) is 5.08. The van der Waals surface area contributed by atoms with Crippen LogP contribution in [0.4, 0.5) is 20.9 Å². The number of benzene rings is 2. The molecule has 27 heavy (non-hydrogen) atoms. The number of amides is 1. The molecule has 0 bridgehead atoms. The van der Waals surface area contributed by atoms with Gasteiger partial charge < -0.3 is 10.6 Å². The zero-order valence-electron chi connectivity index (χ0n) is 15.2. The summed E-state index contributed by atoms with van der Waals surface area (Å²) in [5.41, 5.74) is 4.31. The van der Waals surface area contributed by atoms with Gasteiger partial charge in [0.2, 0.25) is 11.0 Å². The topological polar surface area (TPSA) is 66.9 Å². The third-order valence-corrected chi connectivity index (χ3v) is 5.95. The Bertz CT molecular complexity index is 974. The number of carbonyl (C=O) groups is 1. The fourth-order valence-corrected chi connectivity index (χ4v) is 3.92. The number of thioether (sulfide) groups is 1.